The lowest BCUT2D eigenvalue weighted by Gasteiger charge is -2.13. The highest BCUT2D eigenvalue weighted by atomic mass is 16.5. The summed E-state index contributed by atoms with van der Waals surface area (Å²) in [6, 6.07) is -0.410. The third-order valence-electron chi connectivity index (χ3n) is 2.83. The van der Waals surface area contributed by atoms with E-state index in [1.165, 1.54) is 11.2 Å². The fourth-order valence-electron chi connectivity index (χ4n) is 1.96. The molecule has 0 aromatic carbocycles. The summed E-state index contributed by atoms with van der Waals surface area (Å²) in [5, 5.41) is 6.54. The van der Waals surface area contributed by atoms with Gasteiger partial charge in [-0.1, -0.05) is 12.1 Å². The molecule has 0 spiro atoms. The highest BCUT2D eigenvalue weighted by molar-refractivity contribution is 6.05. The molecule has 1 fully saturated rings. The van der Waals surface area contributed by atoms with Crippen LogP contribution in [0.1, 0.15) is 25.7 Å². The molecule has 7 heteroatoms. The molecular formula is C11H16N4O3. The quantitative estimate of drug-likeness (QED) is 0.702. The van der Waals surface area contributed by atoms with Gasteiger partial charge in [0.25, 0.3) is 0 Å². The van der Waals surface area contributed by atoms with Crippen LogP contribution in [0.25, 0.3) is 0 Å². The molecule has 2 amide bonds. The second kappa shape index (κ2) is 5.72. The summed E-state index contributed by atoms with van der Waals surface area (Å²) < 4.78 is 4.84. The summed E-state index contributed by atoms with van der Waals surface area (Å²) in [5.41, 5.74) is 0. The molecule has 2 rings (SSSR count). The lowest BCUT2D eigenvalue weighted by molar-refractivity contribution is -0.138. The average Bonchev–Trinajstić information content (AvgIpc) is 2.94. The van der Waals surface area contributed by atoms with Crippen LogP contribution in [0.5, 0.6) is 0 Å². The van der Waals surface area contributed by atoms with Crippen molar-refractivity contribution in [3.05, 3.63) is 12.2 Å². The fraction of sp³-hybridized carbons (Fsp3) is 0.636. The predicted molar refractivity (Wildman–Crippen MR) is 61.4 cm³/mol. The topological polar surface area (TPSA) is 88.3 Å². The maximum Gasteiger partial charge on any atom is 0.246 e. The number of aromatic nitrogens is 2. The van der Waals surface area contributed by atoms with Crippen LogP contribution in [-0.4, -0.2) is 46.0 Å². The zero-order valence-electron chi connectivity index (χ0n) is 10.3. The Kier molecular flexibility index (Phi) is 4.03. The van der Waals surface area contributed by atoms with Gasteiger partial charge in [-0.2, -0.15) is 4.98 Å². The largest absolute Gasteiger partial charge is 0.340 e. The maximum absolute atomic E-state index is 11.9. The van der Waals surface area contributed by atoms with Crippen LogP contribution >= 0.6 is 0 Å². The third-order valence-corrected chi connectivity index (χ3v) is 2.83. The zero-order chi connectivity index (χ0) is 13.0. The van der Waals surface area contributed by atoms with E-state index in [2.05, 4.69) is 15.5 Å². The van der Waals surface area contributed by atoms with Crippen molar-refractivity contribution in [2.45, 2.75) is 32.2 Å². The second-order valence-electron chi connectivity index (χ2n) is 4.18. The summed E-state index contributed by atoms with van der Waals surface area (Å²) in [6.07, 6.45) is 2.91. The van der Waals surface area contributed by atoms with E-state index in [0.717, 1.165) is 6.42 Å². The monoisotopic (exact) mass is 252 g/mol. The number of carbonyl (C=O) groups is 2. The Morgan fingerprint density at radius 1 is 1.56 bits per heavy atom. The molecule has 0 bridgehead atoms. The molecular weight excluding hydrogens is 236 g/mol. The van der Waals surface area contributed by atoms with Gasteiger partial charge in [-0.05, 0) is 6.42 Å². The van der Waals surface area contributed by atoms with E-state index in [-0.39, 0.29) is 18.2 Å². The van der Waals surface area contributed by atoms with E-state index < -0.39 is 6.04 Å². The predicted octanol–water partition coefficient (Wildman–Crippen LogP) is -0.261. The van der Waals surface area contributed by atoms with Crippen molar-refractivity contribution in [2.24, 2.45) is 0 Å². The fourth-order valence-corrected chi connectivity index (χ4v) is 1.96. The van der Waals surface area contributed by atoms with Gasteiger partial charge in [0.1, 0.15) is 0 Å². The Labute approximate surface area is 105 Å². The van der Waals surface area contributed by atoms with E-state index in [1.54, 1.807) is 0 Å². The summed E-state index contributed by atoms with van der Waals surface area (Å²) in [5.74, 6) is 0.286. The van der Waals surface area contributed by atoms with E-state index in [4.69, 9.17) is 4.52 Å². The number of nitrogens with one attached hydrogen (secondary N) is 1. The van der Waals surface area contributed by atoms with Gasteiger partial charge in [-0.25, -0.2) is 0 Å². The van der Waals surface area contributed by atoms with Crippen LogP contribution in [0.4, 0.5) is 0 Å². The van der Waals surface area contributed by atoms with Gasteiger partial charge in [-0.3, -0.25) is 14.5 Å². The number of nitrogens with zero attached hydrogens (tertiary/aromatic N) is 3. The second-order valence-corrected chi connectivity index (χ2v) is 4.18. The summed E-state index contributed by atoms with van der Waals surface area (Å²) >= 11 is 0. The third kappa shape index (κ3) is 2.73. The standard InChI is InChI=1S/C11H16N4O3/c1-2-5-15-10(16)6-8(11(15)17)12-4-3-9-13-7-14-18-9/h7-8,12H,2-6H2,1H3. The van der Waals surface area contributed by atoms with Gasteiger partial charge >= 0.3 is 0 Å². The lowest BCUT2D eigenvalue weighted by atomic mass is 10.2. The zero-order valence-corrected chi connectivity index (χ0v) is 10.3. The number of hydrogen-bond acceptors (Lipinski definition) is 6. The lowest BCUT2D eigenvalue weighted by Crippen LogP contribution is -2.39. The van der Waals surface area contributed by atoms with Gasteiger partial charge < -0.3 is 9.84 Å². The first-order chi connectivity index (χ1) is 8.72. The minimum Gasteiger partial charge on any atom is -0.340 e. The highest BCUT2D eigenvalue weighted by Gasteiger charge is 2.37. The maximum atomic E-state index is 11.9. The smallest absolute Gasteiger partial charge is 0.246 e. The Morgan fingerprint density at radius 3 is 3.06 bits per heavy atom. The molecule has 1 saturated heterocycles. The van der Waals surface area contributed by atoms with Crippen molar-refractivity contribution < 1.29 is 14.1 Å². The van der Waals surface area contributed by atoms with Crippen LogP contribution in [-0.2, 0) is 16.0 Å². The average molecular weight is 252 g/mol. The van der Waals surface area contributed by atoms with E-state index in [9.17, 15) is 9.59 Å². The number of imide groups is 1. The molecule has 1 aromatic heterocycles. The Morgan fingerprint density at radius 2 is 2.39 bits per heavy atom. The molecule has 1 atom stereocenters. The molecule has 18 heavy (non-hydrogen) atoms. The van der Waals surface area contributed by atoms with Crippen molar-refractivity contribution in [1.29, 1.82) is 0 Å². The van der Waals surface area contributed by atoms with Gasteiger partial charge in [0.05, 0.1) is 12.5 Å². The van der Waals surface area contributed by atoms with Crippen molar-refractivity contribution >= 4 is 11.8 Å². The first-order valence-corrected chi connectivity index (χ1v) is 6.05. The first kappa shape index (κ1) is 12.7. The summed E-state index contributed by atoms with van der Waals surface area (Å²) in [7, 11) is 0. The van der Waals surface area contributed by atoms with Crippen molar-refractivity contribution in [2.75, 3.05) is 13.1 Å². The van der Waals surface area contributed by atoms with Crippen molar-refractivity contribution in [3.63, 3.8) is 0 Å². The Hall–Kier alpha value is -1.76. The first-order valence-electron chi connectivity index (χ1n) is 6.05. The molecule has 1 unspecified atom stereocenters. The van der Waals surface area contributed by atoms with Crippen LogP contribution in [0.15, 0.2) is 10.9 Å². The minimum absolute atomic E-state index is 0.0999. The van der Waals surface area contributed by atoms with Crippen LogP contribution in [0, 0.1) is 0 Å². The number of rotatable bonds is 6. The molecule has 2 heterocycles. The molecule has 7 nitrogen and oxygen atoms in total. The highest BCUT2D eigenvalue weighted by Crippen LogP contribution is 2.13. The van der Waals surface area contributed by atoms with Crippen molar-refractivity contribution in [3.8, 4) is 0 Å². The number of hydrogen-bond donors (Lipinski definition) is 1. The molecule has 0 radical (unpaired) electrons. The molecule has 0 aliphatic carbocycles. The van der Waals surface area contributed by atoms with Gasteiger partial charge in [0.2, 0.25) is 17.7 Å². The summed E-state index contributed by atoms with van der Waals surface area (Å²) in [6.45, 7) is 2.97. The van der Waals surface area contributed by atoms with Crippen LogP contribution in [0.3, 0.4) is 0 Å². The minimum atomic E-state index is -0.410. The number of amides is 2. The van der Waals surface area contributed by atoms with E-state index in [0.29, 0.717) is 25.4 Å². The molecule has 1 N–H and O–H groups in total. The van der Waals surface area contributed by atoms with Gasteiger partial charge in [-0.15, -0.1) is 0 Å². The van der Waals surface area contributed by atoms with Gasteiger partial charge in [0, 0.05) is 19.5 Å². The molecule has 1 aliphatic heterocycles. The summed E-state index contributed by atoms with van der Waals surface area (Å²) in [4.78, 5) is 28.7. The molecule has 98 valence electrons. The van der Waals surface area contributed by atoms with E-state index >= 15 is 0 Å². The Balaban J connectivity index is 1.80. The SMILES string of the molecule is CCCN1C(=O)CC(NCCc2ncno2)C1=O. The number of likely N-dealkylation sites (tertiary alicyclic amines) is 1. The molecule has 0 saturated carbocycles. The van der Waals surface area contributed by atoms with E-state index in [1.807, 2.05) is 6.92 Å². The number of carbonyl (C=O) groups excluding carboxylic acids is 2. The normalized spacial score (nSPS) is 19.8. The van der Waals surface area contributed by atoms with Gasteiger partial charge in [0.15, 0.2) is 6.33 Å². The van der Waals surface area contributed by atoms with Crippen LogP contribution < -0.4 is 5.32 Å². The molecule has 1 aliphatic rings. The Bertz CT molecular complexity index is 418. The van der Waals surface area contributed by atoms with Crippen LogP contribution in [0.2, 0.25) is 0 Å². The van der Waals surface area contributed by atoms with Crippen molar-refractivity contribution in [1.82, 2.24) is 20.4 Å². The molecule has 1 aromatic rings.